The van der Waals surface area contributed by atoms with Crippen molar-refractivity contribution in [3.8, 4) is 0 Å². The summed E-state index contributed by atoms with van der Waals surface area (Å²) in [4.78, 5) is 28.1. The van der Waals surface area contributed by atoms with E-state index in [2.05, 4.69) is 36.3 Å². The number of benzene rings is 2. The first kappa shape index (κ1) is 16.3. The molecule has 3 rings (SSSR count). The molecule has 0 fully saturated rings. The van der Waals surface area contributed by atoms with E-state index in [1.54, 1.807) is 24.3 Å². The van der Waals surface area contributed by atoms with Crippen LogP contribution in [0.25, 0.3) is 10.2 Å². The van der Waals surface area contributed by atoms with Crippen LogP contribution in [0.2, 0.25) is 0 Å². The van der Waals surface area contributed by atoms with Crippen molar-refractivity contribution in [3.05, 3.63) is 59.2 Å². The molecule has 0 unspecified atom stereocenters. The minimum absolute atomic E-state index is 0.0194. The van der Waals surface area contributed by atoms with E-state index in [1.807, 2.05) is 6.07 Å². The normalized spacial score (nSPS) is 11.0. The van der Waals surface area contributed by atoms with Crippen LogP contribution in [0.15, 0.2) is 42.5 Å². The summed E-state index contributed by atoms with van der Waals surface area (Å²) in [5.41, 5.74) is 3.23. The number of carbonyl (C=O) groups is 2. The van der Waals surface area contributed by atoms with Gasteiger partial charge in [0, 0.05) is 11.1 Å². The first-order chi connectivity index (χ1) is 11.4. The van der Waals surface area contributed by atoms with E-state index in [0.717, 1.165) is 10.2 Å². The molecule has 0 saturated heterocycles. The van der Waals surface area contributed by atoms with Crippen molar-refractivity contribution in [3.63, 3.8) is 0 Å². The maximum atomic E-state index is 12.3. The van der Waals surface area contributed by atoms with Gasteiger partial charge >= 0.3 is 0 Å². The molecule has 0 saturated carbocycles. The van der Waals surface area contributed by atoms with Gasteiger partial charge in [-0.3, -0.25) is 14.9 Å². The smallest absolute Gasteiger partial charge is 0.257 e. The fraction of sp³-hybridized carbons (Fsp3) is 0.211. The van der Waals surface area contributed by atoms with E-state index < -0.39 is 0 Å². The first-order valence-corrected chi connectivity index (χ1v) is 8.58. The fourth-order valence-electron chi connectivity index (χ4n) is 2.38. The summed E-state index contributed by atoms with van der Waals surface area (Å²) in [6.07, 6.45) is 0. The number of amides is 1. The largest absolute Gasteiger partial charge is 0.298 e. The van der Waals surface area contributed by atoms with Gasteiger partial charge in [0.1, 0.15) is 0 Å². The van der Waals surface area contributed by atoms with Crippen LogP contribution in [0.5, 0.6) is 0 Å². The summed E-state index contributed by atoms with van der Waals surface area (Å²) >= 11 is 1.46. The molecule has 0 spiro atoms. The molecular formula is C19H18N2O2S. The number of Topliss-reactive ketones (excluding diaryl/α,β-unsaturated/α-hetero) is 1. The number of nitrogens with one attached hydrogen (secondary N) is 1. The molecule has 1 aromatic heterocycles. The van der Waals surface area contributed by atoms with Crippen molar-refractivity contribution in [2.24, 2.45) is 0 Å². The van der Waals surface area contributed by atoms with Gasteiger partial charge in [0.25, 0.3) is 5.91 Å². The third-order valence-corrected chi connectivity index (χ3v) is 4.79. The highest BCUT2D eigenvalue weighted by molar-refractivity contribution is 7.22. The molecule has 5 heteroatoms. The summed E-state index contributed by atoms with van der Waals surface area (Å²) in [5.74, 6) is 0.205. The van der Waals surface area contributed by atoms with E-state index >= 15 is 0 Å². The van der Waals surface area contributed by atoms with Crippen LogP contribution in [-0.4, -0.2) is 16.7 Å². The maximum absolute atomic E-state index is 12.3. The molecule has 0 aliphatic carbocycles. The molecule has 1 amide bonds. The molecule has 0 bridgehead atoms. The standard InChI is InChI=1S/C19H18N2O2S/c1-11(2)15-8-9-16-17(10-15)24-19(20-16)21-18(23)14-6-4-13(5-7-14)12(3)22/h4-11H,1-3H3,(H,20,21,23). The lowest BCUT2D eigenvalue weighted by atomic mass is 10.0. The van der Waals surface area contributed by atoms with E-state index in [-0.39, 0.29) is 11.7 Å². The van der Waals surface area contributed by atoms with Crippen molar-refractivity contribution in [1.29, 1.82) is 0 Å². The molecule has 2 aromatic carbocycles. The quantitative estimate of drug-likeness (QED) is 0.690. The van der Waals surface area contributed by atoms with Gasteiger partial charge in [-0.2, -0.15) is 0 Å². The number of anilines is 1. The highest BCUT2D eigenvalue weighted by Gasteiger charge is 2.11. The topological polar surface area (TPSA) is 59.1 Å². The number of fused-ring (bicyclic) bond motifs is 1. The van der Waals surface area contributed by atoms with Crippen LogP contribution in [-0.2, 0) is 0 Å². The molecule has 0 atom stereocenters. The zero-order valence-corrected chi connectivity index (χ0v) is 14.6. The van der Waals surface area contributed by atoms with Gasteiger partial charge in [-0.05, 0) is 42.7 Å². The molecule has 1 N–H and O–H groups in total. The van der Waals surface area contributed by atoms with E-state index in [9.17, 15) is 9.59 Å². The zero-order valence-electron chi connectivity index (χ0n) is 13.8. The molecule has 1 heterocycles. The lowest BCUT2D eigenvalue weighted by molar-refractivity contribution is 0.101. The van der Waals surface area contributed by atoms with Gasteiger partial charge in [-0.1, -0.05) is 43.4 Å². The average Bonchev–Trinajstić information content (AvgIpc) is 2.96. The molecule has 3 aromatic rings. The average molecular weight is 338 g/mol. The summed E-state index contributed by atoms with van der Waals surface area (Å²) in [7, 11) is 0. The Morgan fingerprint density at radius 3 is 2.33 bits per heavy atom. The third-order valence-electron chi connectivity index (χ3n) is 3.85. The highest BCUT2D eigenvalue weighted by Crippen LogP contribution is 2.29. The van der Waals surface area contributed by atoms with Crippen LogP contribution in [0.1, 0.15) is 53.0 Å². The molecule has 0 aliphatic rings. The van der Waals surface area contributed by atoms with Crippen LogP contribution in [0.4, 0.5) is 5.13 Å². The highest BCUT2D eigenvalue weighted by atomic mass is 32.1. The van der Waals surface area contributed by atoms with Gasteiger partial charge in [0.15, 0.2) is 10.9 Å². The summed E-state index contributed by atoms with van der Waals surface area (Å²) in [6, 6.07) is 12.8. The number of carbonyl (C=O) groups excluding carboxylic acids is 2. The van der Waals surface area contributed by atoms with Crippen molar-refractivity contribution < 1.29 is 9.59 Å². The van der Waals surface area contributed by atoms with Crippen LogP contribution in [0, 0.1) is 0 Å². The predicted molar refractivity (Wildman–Crippen MR) is 98.1 cm³/mol. The van der Waals surface area contributed by atoms with Crippen LogP contribution in [0.3, 0.4) is 0 Å². The summed E-state index contributed by atoms with van der Waals surface area (Å²) in [5, 5.41) is 3.40. The van der Waals surface area contributed by atoms with Crippen molar-refractivity contribution >= 4 is 38.4 Å². The van der Waals surface area contributed by atoms with E-state index in [1.165, 1.54) is 23.8 Å². The second-order valence-corrected chi connectivity index (χ2v) is 7.02. The molecule has 0 radical (unpaired) electrons. The van der Waals surface area contributed by atoms with Crippen molar-refractivity contribution in [1.82, 2.24) is 4.98 Å². The first-order valence-electron chi connectivity index (χ1n) is 7.77. The number of thiazole rings is 1. The fourth-order valence-corrected chi connectivity index (χ4v) is 3.29. The number of rotatable bonds is 4. The summed E-state index contributed by atoms with van der Waals surface area (Å²) < 4.78 is 1.06. The number of ketones is 1. The van der Waals surface area contributed by atoms with Crippen LogP contribution < -0.4 is 5.32 Å². The van der Waals surface area contributed by atoms with Crippen molar-refractivity contribution in [2.75, 3.05) is 5.32 Å². The molecule has 122 valence electrons. The summed E-state index contributed by atoms with van der Waals surface area (Å²) in [6.45, 7) is 5.80. The van der Waals surface area contributed by atoms with Crippen LogP contribution >= 0.6 is 11.3 Å². The Balaban J connectivity index is 1.81. The number of aromatic nitrogens is 1. The Labute approximate surface area is 144 Å². The van der Waals surface area contributed by atoms with E-state index in [0.29, 0.717) is 22.2 Å². The lowest BCUT2D eigenvalue weighted by Gasteiger charge is -2.03. The van der Waals surface area contributed by atoms with Gasteiger partial charge in [-0.25, -0.2) is 4.98 Å². The molecule has 4 nitrogen and oxygen atoms in total. The van der Waals surface area contributed by atoms with Gasteiger partial charge < -0.3 is 0 Å². The number of nitrogens with zero attached hydrogens (tertiary/aromatic N) is 1. The SMILES string of the molecule is CC(=O)c1ccc(C(=O)Nc2nc3ccc(C(C)C)cc3s2)cc1. The Morgan fingerprint density at radius 2 is 1.71 bits per heavy atom. The predicted octanol–water partition coefficient (Wildman–Crippen LogP) is 4.87. The minimum Gasteiger partial charge on any atom is -0.298 e. The molecular weight excluding hydrogens is 320 g/mol. The monoisotopic (exact) mass is 338 g/mol. The van der Waals surface area contributed by atoms with Gasteiger partial charge in [0.2, 0.25) is 0 Å². The van der Waals surface area contributed by atoms with Gasteiger partial charge in [0.05, 0.1) is 10.2 Å². The Bertz CT molecular complexity index is 911. The second-order valence-electron chi connectivity index (χ2n) is 5.99. The Hall–Kier alpha value is -2.53. The van der Waals surface area contributed by atoms with Gasteiger partial charge in [-0.15, -0.1) is 0 Å². The molecule has 24 heavy (non-hydrogen) atoms. The van der Waals surface area contributed by atoms with E-state index in [4.69, 9.17) is 0 Å². The number of hydrogen-bond donors (Lipinski definition) is 1. The molecule has 0 aliphatic heterocycles. The second kappa shape index (κ2) is 6.53. The maximum Gasteiger partial charge on any atom is 0.257 e. The minimum atomic E-state index is -0.228. The Kier molecular flexibility index (Phi) is 4.44. The van der Waals surface area contributed by atoms with Crippen molar-refractivity contribution in [2.45, 2.75) is 26.7 Å². The Morgan fingerprint density at radius 1 is 1.04 bits per heavy atom. The lowest BCUT2D eigenvalue weighted by Crippen LogP contribution is -2.11. The third kappa shape index (κ3) is 3.36. The zero-order chi connectivity index (χ0) is 17.3. The number of hydrogen-bond acceptors (Lipinski definition) is 4.